The maximum Gasteiger partial charge on any atom is 0.282 e. The van der Waals surface area contributed by atoms with Crippen molar-refractivity contribution in [3.05, 3.63) is 70.9 Å². The second-order valence-electron chi connectivity index (χ2n) is 4.72. The van der Waals surface area contributed by atoms with Crippen LogP contribution in [0.15, 0.2) is 65.3 Å². The van der Waals surface area contributed by atoms with Gasteiger partial charge in [-0.2, -0.15) is 0 Å². The zero-order chi connectivity index (χ0) is 14.8. The van der Waals surface area contributed by atoms with Crippen LogP contribution in [0.5, 0.6) is 0 Å². The van der Waals surface area contributed by atoms with Crippen LogP contribution >= 0.6 is 11.6 Å². The molecule has 3 nitrogen and oxygen atoms in total. The Morgan fingerprint density at radius 1 is 1.10 bits per heavy atom. The van der Waals surface area contributed by atoms with Crippen LogP contribution in [0.1, 0.15) is 12.5 Å². The molecule has 0 aromatic heterocycles. The molecule has 1 aliphatic rings. The molecule has 2 aromatic carbocycles. The molecule has 0 saturated carbocycles. The van der Waals surface area contributed by atoms with E-state index in [4.69, 9.17) is 11.6 Å². The molecular formula is C17H13ClN2O. The topological polar surface area (TPSA) is 32.7 Å². The van der Waals surface area contributed by atoms with E-state index in [-0.39, 0.29) is 5.91 Å². The average molecular weight is 297 g/mol. The Morgan fingerprint density at radius 2 is 1.86 bits per heavy atom. The van der Waals surface area contributed by atoms with Crippen molar-refractivity contribution < 1.29 is 4.79 Å². The van der Waals surface area contributed by atoms with Gasteiger partial charge in [-0.25, -0.2) is 4.99 Å². The number of benzene rings is 2. The molecule has 0 fully saturated rings. The highest BCUT2D eigenvalue weighted by Gasteiger charge is 2.28. The van der Waals surface area contributed by atoms with Crippen molar-refractivity contribution in [2.45, 2.75) is 6.92 Å². The van der Waals surface area contributed by atoms with Crippen molar-refractivity contribution in [2.75, 3.05) is 4.90 Å². The maximum absolute atomic E-state index is 12.5. The van der Waals surface area contributed by atoms with E-state index in [0.29, 0.717) is 16.6 Å². The molecule has 0 bridgehead atoms. The minimum absolute atomic E-state index is 0.140. The molecule has 0 spiro atoms. The van der Waals surface area contributed by atoms with Crippen molar-refractivity contribution in [1.29, 1.82) is 0 Å². The Kier molecular flexibility index (Phi) is 3.59. The molecule has 21 heavy (non-hydrogen) atoms. The van der Waals surface area contributed by atoms with Crippen LogP contribution in [0.3, 0.4) is 0 Å². The molecule has 1 heterocycles. The van der Waals surface area contributed by atoms with Gasteiger partial charge < -0.3 is 0 Å². The Labute approximate surface area is 128 Å². The molecule has 4 heteroatoms. The number of hydrogen-bond donors (Lipinski definition) is 0. The fourth-order valence-corrected chi connectivity index (χ4v) is 2.44. The number of carbonyl (C=O) groups excluding carboxylic acids is 1. The Morgan fingerprint density at radius 3 is 2.57 bits per heavy atom. The smallest absolute Gasteiger partial charge is 0.266 e. The lowest BCUT2D eigenvalue weighted by atomic mass is 10.2. The highest BCUT2D eigenvalue weighted by atomic mass is 35.5. The van der Waals surface area contributed by atoms with E-state index < -0.39 is 0 Å². The van der Waals surface area contributed by atoms with Crippen molar-refractivity contribution in [3.8, 4) is 0 Å². The van der Waals surface area contributed by atoms with Crippen LogP contribution in [0.4, 0.5) is 5.69 Å². The second kappa shape index (κ2) is 5.54. The van der Waals surface area contributed by atoms with Crippen molar-refractivity contribution in [3.63, 3.8) is 0 Å². The summed E-state index contributed by atoms with van der Waals surface area (Å²) in [7, 11) is 0. The number of amidine groups is 1. The molecule has 0 unspecified atom stereocenters. The Hall–Kier alpha value is -2.39. The van der Waals surface area contributed by atoms with Gasteiger partial charge in [-0.15, -0.1) is 0 Å². The molecule has 3 rings (SSSR count). The highest BCUT2D eigenvalue weighted by Crippen LogP contribution is 2.26. The number of carbonyl (C=O) groups is 1. The molecule has 1 aliphatic heterocycles. The fourth-order valence-electron chi connectivity index (χ4n) is 2.25. The molecule has 104 valence electrons. The summed E-state index contributed by atoms with van der Waals surface area (Å²) in [5, 5.41) is 0.591. The number of nitrogens with zero attached hydrogens (tertiary/aromatic N) is 2. The first kappa shape index (κ1) is 13.6. The summed E-state index contributed by atoms with van der Waals surface area (Å²) in [6.07, 6.45) is 1.79. The van der Waals surface area contributed by atoms with E-state index in [1.807, 2.05) is 49.4 Å². The third kappa shape index (κ3) is 2.73. The molecule has 2 aromatic rings. The molecular weight excluding hydrogens is 284 g/mol. The van der Waals surface area contributed by atoms with Gasteiger partial charge in [-0.1, -0.05) is 48.0 Å². The number of rotatable bonds is 2. The molecule has 0 N–H and O–H groups in total. The summed E-state index contributed by atoms with van der Waals surface area (Å²) in [4.78, 5) is 18.5. The Bertz CT molecular complexity index is 750. The second-order valence-corrected chi connectivity index (χ2v) is 5.16. The largest absolute Gasteiger partial charge is 0.282 e. The zero-order valence-corrected chi connectivity index (χ0v) is 12.2. The maximum atomic E-state index is 12.5. The summed E-state index contributed by atoms with van der Waals surface area (Å²) < 4.78 is 0. The lowest BCUT2D eigenvalue weighted by Crippen LogP contribution is -2.30. The van der Waals surface area contributed by atoms with E-state index in [9.17, 15) is 4.79 Å². The summed E-state index contributed by atoms with van der Waals surface area (Å²) in [5.74, 6) is 0.503. The van der Waals surface area contributed by atoms with Crippen LogP contribution in [-0.2, 0) is 4.79 Å². The van der Waals surface area contributed by atoms with Crippen LogP contribution < -0.4 is 4.90 Å². The van der Waals surface area contributed by atoms with Crippen molar-refractivity contribution in [2.24, 2.45) is 4.99 Å². The number of aliphatic imine (C=N–C) groups is 1. The number of hydrogen-bond acceptors (Lipinski definition) is 2. The molecule has 0 radical (unpaired) electrons. The first-order chi connectivity index (χ1) is 10.1. The standard InChI is InChI=1S/C17H13ClN2O/c1-12-19-16(10-13-6-3-2-4-7-13)17(21)20(12)15-9-5-8-14(18)11-15/h2-11H,1H3/b16-10+. The third-order valence-corrected chi connectivity index (χ3v) is 3.43. The van der Waals surface area contributed by atoms with Crippen molar-refractivity contribution in [1.82, 2.24) is 0 Å². The predicted molar refractivity (Wildman–Crippen MR) is 86.5 cm³/mol. The summed E-state index contributed by atoms with van der Waals surface area (Å²) >= 11 is 5.99. The Balaban J connectivity index is 1.96. The van der Waals surface area contributed by atoms with Crippen LogP contribution in [-0.4, -0.2) is 11.7 Å². The number of amides is 1. The number of halogens is 1. The van der Waals surface area contributed by atoms with Gasteiger partial charge in [-0.05, 0) is 36.8 Å². The van der Waals surface area contributed by atoms with E-state index >= 15 is 0 Å². The van der Waals surface area contributed by atoms with Crippen LogP contribution in [0, 0.1) is 0 Å². The zero-order valence-electron chi connectivity index (χ0n) is 11.5. The summed E-state index contributed by atoms with van der Waals surface area (Å²) in [5.41, 5.74) is 2.11. The highest BCUT2D eigenvalue weighted by molar-refractivity contribution is 6.32. The quantitative estimate of drug-likeness (QED) is 0.766. The summed E-state index contributed by atoms with van der Waals surface area (Å²) in [6, 6.07) is 16.9. The van der Waals surface area contributed by atoms with Gasteiger partial charge >= 0.3 is 0 Å². The monoisotopic (exact) mass is 296 g/mol. The lowest BCUT2D eigenvalue weighted by Gasteiger charge is -2.15. The number of anilines is 1. The average Bonchev–Trinajstić information content (AvgIpc) is 2.74. The minimum atomic E-state index is -0.140. The lowest BCUT2D eigenvalue weighted by molar-refractivity contribution is -0.113. The first-order valence-corrected chi connectivity index (χ1v) is 6.95. The normalized spacial score (nSPS) is 16.5. The third-order valence-electron chi connectivity index (χ3n) is 3.20. The van der Waals surface area contributed by atoms with Gasteiger partial charge in [-0.3, -0.25) is 9.69 Å². The van der Waals surface area contributed by atoms with E-state index in [1.165, 1.54) is 0 Å². The van der Waals surface area contributed by atoms with E-state index in [1.54, 1.807) is 23.1 Å². The van der Waals surface area contributed by atoms with Crippen LogP contribution in [0.25, 0.3) is 6.08 Å². The fraction of sp³-hybridized carbons (Fsp3) is 0.0588. The molecule has 0 atom stereocenters. The molecule has 0 saturated heterocycles. The van der Waals surface area contributed by atoms with Gasteiger partial charge in [0.25, 0.3) is 5.91 Å². The van der Waals surface area contributed by atoms with Gasteiger partial charge in [0, 0.05) is 5.02 Å². The minimum Gasteiger partial charge on any atom is -0.266 e. The summed E-state index contributed by atoms with van der Waals surface area (Å²) in [6.45, 7) is 1.81. The molecule has 1 amide bonds. The van der Waals surface area contributed by atoms with Gasteiger partial charge in [0.15, 0.2) is 0 Å². The molecule has 0 aliphatic carbocycles. The van der Waals surface area contributed by atoms with Gasteiger partial charge in [0.1, 0.15) is 11.5 Å². The first-order valence-electron chi connectivity index (χ1n) is 6.57. The van der Waals surface area contributed by atoms with Gasteiger partial charge in [0.2, 0.25) is 0 Å². The van der Waals surface area contributed by atoms with Crippen molar-refractivity contribution >= 4 is 35.1 Å². The van der Waals surface area contributed by atoms with E-state index in [2.05, 4.69) is 4.99 Å². The van der Waals surface area contributed by atoms with Crippen LogP contribution in [0.2, 0.25) is 5.02 Å². The van der Waals surface area contributed by atoms with Gasteiger partial charge in [0.05, 0.1) is 5.69 Å². The predicted octanol–water partition coefficient (Wildman–Crippen LogP) is 4.15. The van der Waals surface area contributed by atoms with E-state index in [0.717, 1.165) is 11.3 Å². The SMILES string of the molecule is CC1=N/C(=C/c2ccccc2)C(=O)N1c1cccc(Cl)c1.